The molecule has 1 aromatic heterocycles. The molecular weight excluding hydrogens is 250 g/mol. The van der Waals surface area contributed by atoms with Crippen LogP contribution in [0.2, 0.25) is 0 Å². The number of hydrogen-bond donors (Lipinski definition) is 1. The van der Waals surface area contributed by atoms with E-state index in [2.05, 4.69) is 15.2 Å². The van der Waals surface area contributed by atoms with Crippen LogP contribution in [-0.2, 0) is 0 Å². The summed E-state index contributed by atoms with van der Waals surface area (Å²) in [6.07, 6.45) is 1.42. The van der Waals surface area contributed by atoms with Crippen molar-refractivity contribution in [2.45, 2.75) is 12.1 Å². The fourth-order valence-electron chi connectivity index (χ4n) is 1.53. The maximum atomic E-state index is 12.0. The lowest BCUT2D eigenvalue weighted by atomic mass is 10.1. The molecule has 0 aliphatic carbocycles. The molecule has 5 nitrogen and oxygen atoms in total. The van der Waals surface area contributed by atoms with E-state index in [-0.39, 0.29) is 5.78 Å². The van der Waals surface area contributed by atoms with Gasteiger partial charge in [-0.25, -0.2) is 4.98 Å². The van der Waals surface area contributed by atoms with E-state index < -0.39 is 0 Å². The molecule has 1 aromatic carbocycles. The first kappa shape index (κ1) is 12.6. The quantitative estimate of drug-likeness (QED) is 0.661. The molecule has 6 heteroatoms. The Morgan fingerprint density at radius 2 is 2.33 bits per heavy atom. The lowest BCUT2D eigenvalue weighted by Crippen LogP contribution is -2.03. The van der Waals surface area contributed by atoms with Gasteiger partial charge in [0.15, 0.2) is 10.9 Å². The van der Waals surface area contributed by atoms with E-state index in [0.717, 1.165) is 11.3 Å². The molecule has 0 saturated carbocycles. The van der Waals surface area contributed by atoms with Crippen molar-refractivity contribution in [3.05, 3.63) is 35.7 Å². The maximum Gasteiger partial charge on any atom is 0.183 e. The number of nitrogens with one attached hydrogen (secondary N) is 1. The number of ketones is 1. The Labute approximate surface area is 109 Å². The van der Waals surface area contributed by atoms with Crippen molar-refractivity contribution in [1.82, 2.24) is 15.2 Å². The molecule has 1 heterocycles. The summed E-state index contributed by atoms with van der Waals surface area (Å²) in [5.74, 6) is 1.18. The molecule has 1 N–H and O–H groups in total. The summed E-state index contributed by atoms with van der Waals surface area (Å²) in [5.41, 5.74) is 1.63. The first-order valence-corrected chi connectivity index (χ1v) is 6.35. The molecular formula is C12H13N3O2S. The number of Topliss-reactive ketones (excluding diaryl/α,β-unsaturated/α-hetero) is 1. The lowest BCUT2D eigenvalue weighted by Gasteiger charge is -2.06. The summed E-state index contributed by atoms with van der Waals surface area (Å²) in [6, 6.07) is 5.42. The van der Waals surface area contributed by atoms with Crippen molar-refractivity contribution in [1.29, 1.82) is 0 Å². The lowest BCUT2D eigenvalue weighted by molar-refractivity contribution is 0.102. The number of carbonyl (C=O) groups is 1. The van der Waals surface area contributed by atoms with Crippen LogP contribution < -0.4 is 4.74 Å². The van der Waals surface area contributed by atoms with Gasteiger partial charge in [-0.3, -0.25) is 9.89 Å². The first-order chi connectivity index (χ1) is 8.70. The van der Waals surface area contributed by atoms with E-state index in [0.29, 0.717) is 16.5 Å². The van der Waals surface area contributed by atoms with Crippen LogP contribution in [0, 0.1) is 6.92 Å². The van der Waals surface area contributed by atoms with Gasteiger partial charge in [-0.15, -0.1) is 0 Å². The minimum atomic E-state index is 0.0575. The third kappa shape index (κ3) is 2.89. The average molecular weight is 263 g/mol. The Morgan fingerprint density at radius 3 is 2.94 bits per heavy atom. The molecule has 94 valence electrons. The van der Waals surface area contributed by atoms with Gasteiger partial charge in [0, 0.05) is 5.56 Å². The number of aromatic amines is 1. The summed E-state index contributed by atoms with van der Waals surface area (Å²) in [5, 5.41) is 7.07. The van der Waals surface area contributed by atoms with Gasteiger partial charge >= 0.3 is 0 Å². The number of methoxy groups -OCH3 is 1. The Balaban J connectivity index is 2.02. The standard InChI is InChI=1S/C12H13N3O2S/c1-8-5-9(3-4-11(8)17-2)10(16)6-18-12-13-7-14-15-12/h3-5,7H,6H2,1-2H3,(H,13,14,15). The number of hydrogen-bond acceptors (Lipinski definition) is 5. The number of aromatic nitrogens is 3. The molecule has 0 amide bonds. The molecule has 2 aromatic rings. The van der Waals surface area contributed by atoms with Gasteiger partial charge in [-0.1, -0.05) is 11.8 Å². The minimum absolute atomic E-state index is 0.0575. The van der Waals surface area contributed by atoms with Crippen molar-refractivity contribution >= 4 is 17.5 Å². The van der Waals surface area contributed by atoms with Crippen molar-refractivity contribution in [3.63, 3.8) is 0 Å². The van der Waals surface area contributed by atoms with Crippen molar-refractivity contribution in [2.75, 3.05) is 12.9 Å². The normalized spacial score (nSPS) is 10.3. The van der Waals surface area contributed by atoms with Crippen LogP contribution in [-0.4, -0.2) is 33.8 Å². The molecule has 0 atom stereocenters. The van der Waals surface area contributed by atoms with Crippen molar-refractivity contribution in [3.8, 4) is 5.75 Å². The van der Waals surface area contributed by atoms with E-state index >= 15 is 0 Å². The highest BCUT2D eigenvalue weighted by Gasteiger charge is 2.09. The average Bonchev–Trinajstić information content (AvgIpc) is 2.89. The van der Waals surface area contributed by atoms with Crippen LogP contribution in [0.5, 0.6) is 5.75 Å². The van der Waals surface area contributed by atoms with Gasteiger partial charge in [0.25, 0.3) is 0 Å². The molecule has 0 spiro atoms. The molecule has 2 rings (SSSR count). The van der Waals surface area contributed by atoms with Crippen LogP contribution in [0.1, 0.15) is 15.9 Å². The molecule has 0 aliphatic rings. The SMILES string of the molecule is COc1ccc(C(=O)CSc2ncn[nH]2)cc1C. The largest absolute Gasteiger partial charge is 0.496 e. The van der Waals surface area contributed by atoms with E-state index in [4.69, 9.17) is 4.74 Å². The number of rotatable bonds is 5. The van der Waals surface area contributed by atoms with Crippen LogP contribution in [0.25, 0.3) is 0 Å². The van der Waals surface area contributed by atoms with Crippen molar-refractivity contribution in [2.24, 2.45) is 0 Å². The maximum absolute atomic E-state index is 12.0. The van der Waals surface area contributed by atoms with E-state index in [9.17, 15) is 4.79 Å². The molecule has 0 saturated heterocycles. The zero-order chi connectivity index (χ0) is 13.0. The summed E-state index contributed by atoms with van der Waals surface area (Å²) >= 11 is 1.34. The Morgan fingerprint density at radius 1 is 1.50 bits per heavy atom. The zero-order valence-electron chi connectivity index (χ0n) is 10.1. The summed E-state index contributed by atoms with van der Waals surface area (Å²) in [4.78, 5) is 15.9. The molecule has 0 bridgehead atoms. The van der Waals surface area contributed by atoms with Gasteiger partial charge in [-0.2, -0.15) is 5.10 Å². The first-order valence-electron chi connectivity index (χ1n) is 5.36. The number of carbonyl (C=O) groups excluding carboxylic acids is 1. The monoisotopic (exact) mass is 263 g/mol. The number of aryl methyl sites for hydroxylation is 1. The second kappa shape index (κ2) is 5.68. The fourth-order valence-corrected chi connectivity index (χ4v) is 2.21. The third-order valence-corrected chi connectivity index (χ3v) is 3.33. The molecule has 18 heavy (non-hydrogen) atoms. The predicted octanol–water partition coefficient (Wildman–Crippen LogP) is 2.10. The van der Waals surface area contributed by atoms with Crippen LogP contribution in [0.15, 0.2) is 29.7 Å². The Bertz CT molecular complexity index is 540. The number of nitrogens with zero attached hydrogens (tertiary/aromatic N) is 2. The van der Waals surface area contributed by atoms with E-state index in [1.54, 1.807) is 13.2 Å². The molecule has 0 fully saturated rings. The molecule has 0 unspecified atom stereocenters. The Kier molecular flexibility index (Phi) is 3.99. The fraction of sp³-hybridized carbons (Fsp3) is 0.250. The zero-order valence-corrected chi connectivity index (χ0v) is 11.0. The highest BCUT2D eigenvalue weighted by molar-refractivity contribution is 7.99. The number of H-pyrrole nitrogens is 1. The van der Waals surface area contributed by atoms with E-state index in [1.807, 2.05) is 19.1 Å². The number of benzene rings is 1. The summed E-state index contributed by atoms with van der Waals surface area (Å²) < 4.78 is 5.16. The predicted molar refractivity (Wildman–Crippen MR) is 69.2 cm³/mol. The Hall–Kier alpha value is -1.82. The van der Waals surface area contributed by atoms with E-state index in [1.165, 1.54) is 18.1 Å². The molecule has 0 aliphatic heterocycles. The minimum Gasteiger partial charge on any atom is -0.496 e. The summed E-state index contributed by atoms with van der Waals surface area (Å²) in [6.45, 7) is 1.92. The third-order valence-electron chi connectivity index (χ3n) is 2.45. The number of thioether (sulfide) groups is 1. The second-order valence-electron chi connectivity index (χ2n) is 3.69. The van der Waals surface area contributed by atoms with Crippen molar-refractivity contribution < 1.29 is 9.53 Å². The smallest absolute Gasteiger partial charge is 0.183 e. The van der Waals surface area contributed by atoms with Gasteiger partial charge in [0.1, 0.15) is 12.1 Å². The van der Waals surface area contributed by atoms with Gasteiger partial charge in [-0.05, 0) is 30.7 Å². The van der Waals surface area contributed by atoms with Gasteiger partial charge in [0.2, 0.25) is 0 Å². The van der Waals surface area contributed by atoms with Crippen LogP contribution >= 0.6 is 11.8 Å². The van der Waals surface area contributed by atoms with Gasteiger partial charge < -0.3 is 4.74 Å². The molecule has 0 radical (unpaired) electrons. The van der Waals surface area contributed by atoms with Gasteiger partial charge in [0.05, 0.1) is 12.9 Å². The summed E-state index contributed by atoms with van der Waals surface area (Å²) in [7, 11) is 1.61. The highest BCUT2D eigenvalue weighted by Crippen LogP contribution is 2.20. The number of ether oxygens (including phenoxy) is 1. The van der Waals surface area contributed by atoms with Crippen LogP contribution in [0.4, 0.5) is 0 Å². The highest BCUT2D eigenvalue weighted by atomic mass is 32.2. The van der Waals surface area contributed by atoms with Crippen LogP contribution in [0.3, 0.4) is 0 Å². The second-order valence-corrected chi connectivity index (χ2v) is 4.65. The topological polar surface area (TPSA) is 67.9 Å².